The van der Waals surface area contributed by atoms with Crippen LogP contribution in [0.25, 0.3) is 0 Å². The molecule has 0 atom stereocenters. The molecule has 0 fully saturated rings. The molecule has 53 valence electrons. The molecular weight excluding hydrogens is 150 g/mol. The number of carbonyl (C=O) groups excluding carboxylic acids is 1. The van der Waals surface area contributed by atoms with Crippen molar-refractivity contribution in [2.24, 2.45) is 0 Å². The molecule has 4 heteroatoms. The molecule has 0 N–H and O–H groups in total. The number of esters is 1. The normalized spacial score (nSPS) is 9.30. The summed E-state index contributed by atoms with van der Waals surface area (Å²) in [5.74, 6) is -0.352. The first-order valence-corrected chi connectivity index (χ1v) is 3.54. The topological polar surface area (TPSA) is 39.2 Å². The smallest absolute Gasteiger partial charge is 0.312 e. The minimum atomic E-state index is -0.352. The lowest BCUT2D eigenvalue weighted by molar-refractivity contribution is -0.137. The van der Waals surface area contributed by atoms with E-state index in [1.54, 1.807) is 6.20 Å². The van der Waals surface area contributed by atoms with Gasteiger partial charge in [0.1, 0.15) is 12.1 Å². The Balaban J connectivity index is 2.48. The van der Waals surface area contributed by atoms with Gasteiger partial charge in [0.2, 0.25) is 0 Å². The van der Waals surface area contributed by atoms with Crippen LogP contribution in [0, 0.1) is 7.11 Å². The van der Waals surface area contributed by atoms with Crippen molar-refractivity contribution in [3.05, 3.63) is 23.7 Å². The highest BCUT2D eigenvalue weighted by Gasteiger charge is 2.03. The number of nitrogens with zero attached hydrogens (tertiary/aromatic N) is 1. The first kappa shape index (κ1) is 7.21. The molecule has 0 aliphatic rings. The van der Waals surface area contributed by atoms with Crippen LogP contribution in [-0.4, -0.2) is 11.0 Å². The molecule has 1 rings (SSSR count). The van der Waals surface area contributed by atoms with Gasteiger partial charge < -0.3 is 4.74 Å². The van der Waals surface area contributed by atoms with E-state index in [1.165, 1.54) is 11.3 Å². The van der Waals surface area contributed by atoms with Gasteiger partial charge in [0.25, 0.3) is 0 Å². The maximum Gasteiger partial charge on any atom is 0.312 e. The van der Waals surface area contributed by atoms with Gasteiger partial charge in [-0.15, -0.1) is 11.3 Å². The van der Waals surface area contributed by atoms with E-state index in [0.717, 1.165) is 5.01 Å². The summed E-state index contributed by atoms with van der Waals surface area (Å²) in [6.07, 6.45) is 1.87. The monoisotopic (exact) mass is 156 g/mol. The molecule has 1 aromatic rings. The fourth-order valence-electron chi connectivity index (χ4n) is 0.515. The summed E-state index contributed by atoms with van der Waals surface area (Å²) >= 11 is 1.43. The van der Waals surface area contributed by atoms with E-state index in [-0.39, 0.29) is 12.4 Å². The molecule has 0 saturated heterocycles. The molecule has 0 unspecified atom stereocenters. The molecule has 0 amide bonds. The first-order valence-electron chi connectivity index (χ1n) is 2.66. The van der Waals surface area contributed by atoms with Crippen LogP contribution < -0.4 is 0 Å². The van der Waals surface area contributed by atoms with Crippen LogP contribution in [0.5, 0.6) is 0 Å². The van der Waals surface area contributed by atoms with Crippen molar-refractivity contribution in [3.63, 3.8) is 0 Å². The highest BCUT2D eigenvalue weighted by Crippen LogP contribution is 2.04. The Morgan fingerprint density at radius 3 is 3.20 bits per heavy atom. The standard InChI is InChI=1S/C6H6NO2S/c1-9-6(8)4-5-7-2-3-10-5/h2-3H,1,4H2. The van der Waals surface area contributed by atoms with Gasteiger partial charge in [0.15, 0.2) is 0 Å². The Morgan fingerprint density at radius 1 is 1.90 bits per heavy atom. The first-order chi connectivity index (χ1) is 4.83. The zero-order valence-corrected chi connectivity index (χ0v) is 6.06. The summed E-state index contributed by atoms with van der Waals surface area (Å²) in [4.78, 5) is 14.5. The molecule has 0 aromatic carbocycles. The maximum absolute atomic E-state index is 10.6. The zero-order valence-electron chi connectivity index (χ0n) is 5.24. The molecule has 1 aromatic heterocycles. The second-order valence-corrected chi connectivity index (χ2v) is 2.60. The Hall–Kier alpha value is -0.900. The molecule has 10 heavy (non-hydrogen) atoms. The lowest BCUT2D eigenvalue weighted by Crippen LogP contribution is -2.02. The fraction of sp³-hybridized carbons (Fsp3) is 0.167. The van der Waals surface area contributed by atoms with Gasteiger partial charge in [0, 0.05) is 11.6 Å². The molecule has 1 radical (unpaired) electrons. The molecule has 0 saturated carbocycles. The van der Waals surface area contributed by atoms with E-state index in [1.807, 2.05) is 5.38 Å². The van der Waals surface area contributed by atoms with Crippen LogP contribution in [-0.2, 0) is 16.0 Å². The van der Waals surface area contributed by atoms with Gasteiger partial charge in [-0.05, 0) is 0 Å². The Kier molecular flexibility index (Phi) is 2.39. The Morgan fingerprint density at radius 2 is 2.70 bits per heavy atom. The Labute approximate surface area is 62.7 Å². The van der Waals surface area contributed by atoms with Gasteiger partial charge >= 0.3 is 5.97 Å². The third-order valence-electron chi connectivity index (χ3n) is 0.940. The predicted molar refractivity (Wildman–Crippen MR) is 37.3 cm³/mol. The minimum absolute atomic E-state index is 0.223. The van der Waals surface area contributed by atoms with Crippen molar-refractivity contribution in [2.45, 2.75) is 6.42 Å². The van der Waals surface area contributed by atoms with Crippen LogP contribution >= 0.6 is 11.3 Å². The molecule has 0 spiro atoms. The van der Waals surface area contributed by atoms with Crippen LogP contribution in [0.15, 0.2) is 11.6 Å². The summed E-state index contributed by atoms with van der Waals surface area (Å²) in [7, 11) is 2.99. The number of carbonyl (C=O) groups is 1. The predicted octanol–water partition coefficient (Wildman–Crippen LogP) is 1.02. The van der Waals surface area contributed by atoms with Gasteiger partial charge in [0.05, 0.1) is 6.42 Å². The van der Waals surface area contributed by atoms with Crippen molar-refractivity contribution in [2.75, 3.05) is 0 Å². The van der Waals surface area contributed by atoms with Crippen molar-refractivity contribution in [1.29, 1.82) is 0 Å². The van der Waals surface area contributed by atoms with Gasteiger partial charge in [-0.2, -0.15) is 0 Å². The molecule has 0 bridgehead atoms. The van der Waals surface area contributed by atoms with Crippen LogP contribution in [0.1, 0.15) is 5.01 Å². The molecule has 3 nitrogen and oxygen atoms in total. The largest absolute Gasteiger partial charge is 0.462 e. The second-order valence-electron chi connectivity index (χ2n) is 1.62. The lowest BCUT2D eigenvalue weighted by atomic mass is 10.5. The third-order valence-corrected chi connectivity index (χ3v) is 1.72. The van der Waals surface area contributed by atoms with Crippen LogP contribution in [0.3, 0.4) is 0 Å². The molecular formula is C6H6NO2S. The number of hydrogen-bond donors (Lipinski definition) is 0. The molecule has 1 heterocycles. The fourth-order valence-corrected chi connectivity index (χ4v) is 1.12. The summed E-state index contributed by atoms with van der Waals surface area (Å²) < 4.78 is 4.20. The van der Waals surface area contributed by atoms with E-state index >= 15 is 0 Å². The van der Waals surface area contributed by atoms with Gasteiger partial charge in [-0.1, -0.05) is 0 Å². The van der Waals surface area contributed by atoms with E-state index in [9.17, 15) is 4.79 Å². The number of rotatable bonds is 2. The SMILES string of the molecule is [CH2]OC(=O)Cc1nccs1. The van der Waals surface area contributed by atoms with Crippen molar-refractivity contribution in [1.82, 2.24) is 4.98 Å². The van der Waals surface area contributed by atoms with Gasteiger partial charge in [-0.25, -0.2) is 4.98 Å². The number of aromatic nitrogens is 1. The third kappa shape index (κ3) is 1.80. The second kappa shape index (κ2) is 3.31. The number of ether oxygens (including phenoxy) is 1. The summed E-state index contributed by atoms with van der Waals surface area (Å²) in [6, 6.07) is 0. The zero-order chi connectivity index (χ0) is 7.40. The van der Waals surface area contributed by atoms with Gasteiger partial charge in [-0.3, -0.25) is 4.79 Å². The average molecular weight is 156 g/mol. The van der Waals surface area contributed by atoms with Crippen molar-refractivity contribution < 1.29 is 9.53 Å². The lowest BCUT2D eigenvalue weighted by Gasteiger charge is -1.92. The highest BCUT2D eigenvalue weighted by atomic mass is 32.1. The van der Waals surface area contributed by atoms with E-state index in [4.69, 9.17) is 0 Å². The summed E-state index contributed by atoms with van der Waals surface area (Å²) in [6.45, 7) is 0. The van der Waals surface area contributed by atoms with Crippen LogP contribution in [0.4, 0.5) is 0 Å². The quantitative estimate of drug-likeness (QED) is 0.600. The van der Waals surface area contributed by atoms with Crippen LogP contribution in [0.2, 0.25) is 0 Å². The van der Waals surface area contributed by atoms with Crippen molar-refractivity contribution in [3.8, 4) is 0 Å². The Bertz CT molecular complexity index is 208. The van der Waals surface area contributed by atoms with E-state index in [0.29, 0.717) is 0 Å². The molecule has 0 aliphatic heterocycles. The average Bonchev–Trinajstić information content (AvgIpc) is 2.40. The van der Waals surface area contributed by atoms with E-state index < -0.39 is 0 Å². The van der Waals surface area contributed by atoms with E-state index in [2.05, 4.69) is 16.8 Å². The number of hydrogen-bond acceptors (Lipinski definition) is 4. The highest BCUT2D eigenvalue weighted by molar-refractivity contribution is 7.09. The maximum atomic E-state index is 10.6. The summed E-state index contributed by atoms with van der Waals surface area (Å²) in [5, 5.41) is 2.57. The summed E-state index contributed by atoms with van der Waals surface area (Å²) in [5.41, 5.74) is 0. The number of thiazole rings is 1. The minimum Gasteiger partial charge on any atom is -0.462 e. The molecule has 0 aliphatic carbocycles. The van der Waals surface area contributed by atoms with Crippen molar-refractivity contribution >= 4 is 17.3 Å².